The molecule has 2 amide bonds. The molecule has 2 aliphatic rings. The Labute approximate surface area is 259 Å². The topological polar surface area (TPSA) is 117 Å². The van der Waals surface area contributed by atoms with Gasteiger partial charge in [0.15, 0.2) is 6.61 Å². The highest BCUT2D eigenvalue weighted by Crippen LogP contribution is 2.40. The zero-order valence-electron chi connectivity index (χ0n) is 24.1. The van der Waals surface area contributed by atoms with E-state index in [1.54, 1.807) is 24.3 Å². The van der Waals surface area contributed by atoms with Crippen molar-refractivity contribution in [1.82, 2.24) is 4.98 Å². The highest BCUT2D eigenvalue weighted by molar-refractivity contribution is 8.00. The monoisotopic (exact) mass is 615 g/mol. The van der Waals surface area contributed by atoms with Crippen LogP contribution in [0, 0.1) is 22.7 Å². The lowest BCUT2D eigenvalue weighted by Gasteiger charge is -2.34. The van der Waals surface area contributed by atoms with Gasteiger partial charge in [0, 0.05) is 17.7 Å². The molecular formula is C33H30ClN3O5S. The second-order valence-corrected chi connectivity index (χ2v) is 13.4. The van der Waals surface area contributed by atoms with Crippen molar-refractivity contribution in [3.8, 4) is 6.07 Å². The second kappa shape index (κ2) is 12.3. The van der Waals surface area contributed by atoms with Crippen LogP contribution in [0.4, 0.5) is 5.69 Å². The smallest absolute Gasteiger partial charge is 0.338 e. The minimum Gasteiger partial charge on any atom is -0.454 e. The number of nitrogens with zero attached hydrogens (tertiary/aromatic N) is 3. The number of ketones is 1. The van der Waals surface area contributed by atoms with Crippen LogP contribution in [0.3, 0.4) is 0 Å². The maximum absolute atomic E-state index is 13.4. The molecule has 0 saturated carbocycles. The number of anilines is 1. The largest absolute Gasteiger partial charge is 0.454 e. The Bertz CT molecular complexity index is 1660. The number of rotatable bonds is 7. The molecule has 0 radical (unpaired) electrons. The highest BCUT2D eigenvalue weighted by atomic mass is 35.5. The number of fused-ring (bicyclic) bond motifs is 1. The summed E-state index contributed by atoms with van der Waals surface area (Å²) in [6.45, 7) is 6.20. The SMILES string of the molecule is CC(C)(C)C1CCc2nc(SC3CC(=O)N(c4ccc(C(=O)OCC(=O)c5ccccc5Cl)cc4)C3=O)c(C#N)cc2C1. The molecule has 2 unspecified atom stereocenters. The van der Waals surface area contributed by atoms with E-state index in [1.165, 1.54) is 24.3 Å². The summed E-state index contributed by atoms with van der Waals surface area (Å²) in [7, 11) is 0. The van der Waals surface area contributed by atoms with Gasteiger partial charge in [0.25, 0.3) is 0 Å². The van der Waals surface area contributed by atoms with E-state index in [0.717, 1.165) is 47.2 Å². The maximum Gasteiger partial charge on any atom is 0.338 e. The van der Waals surface area contributed by atoms with Crippen molar-refractivity contribution in [1.29, 1.82) is 5.26 Å². The van der Waals surface area contributed by atoms with Crippen LogP contribution in [-0.4, -0.2) is 40.4 Å². The van der Waals surface area contributed by atoms with E-state index in [4.69, 9.17) is 21.3 Å². The van der Waals surface area contributed by atoms with Crippen LogP contribution < -0.4 is 4.90 Å². The number of ether oxygens (including phenoxy) is 1. The summed E-state index contributed by atoms with van der Waals surface area (Å²) in [5.74, 6) is -1.46. The molecule has 43 heavy (non-hydrogen) atoms. The molecule has 2 atom stereocenters. The third kappa shape index (κ3) is 6.51. The van der Waals surface area contributed by atoms with Crippen molar-refractivity contribution in [2.45, 2.75) is 56.7 Å². The lowest BCUT2D eigenvalue weighted by Crippen LogP contribution is -2.31. The minimum atomic E-state index is -0.726. The van der Waals surface area contributed by atoms with Crippen molar-refractivity contribution in [2.75, 3.05) is 11.5 Å². The van der Waals surface area contributed by atoms with Gasteiger partial charge in [-0.25, -0.2) is 14.7 Å². The van der Waals surface area contributed by atoms with Crippen LogP contribution >= 0.6 is 23.4 Å². The number of pyridine rings is 1. The lowest BCUT2D eigenvalue weighted by atomic mass is 9.71. The van der Waals surface area contributed by atoms with Crippen molar-refractivity contribution in [3.05, 3.63) is 87.6 Å². The van der Waals surface area contributed by atoms with E-state index in [-0.39, 0.29) is 33.9 Å². The van der Waals surface area contributed by atoms with Gasteiger partial charge in [-0.05, 0) is 78.6 Å². The summed E-state index contributed by atoms with van der Waals surface area (Å²) in [4.78, 5) is 57.0. The summed E-state index contributed by atoms with van der Waals surface area (Å²) in [6.07, 6.45) is 2.65. The molecule has 0 N–H and O–H groups in total. The molecule has 0 bridgehead atoms. The normalized spacial score (nSPS) is 18.3. The number of carbonyl (C=O) groups is 4. The Morgan fingerprint density at radius 3 is 2.51 bits per heavy atom. The summed E-state index contributed by atoms with van der Waals surface area (Å²) in [6, 6.07) is 16.4. The second-order valence-electron chi connectivity index (χ2n) is 11.8. The van der Waals surface area contributed by atoms with E-state index < -0.39 is 29.5 Å². The van der Waals surface area contributed by atoms with Gasteiger partial charge in [0.1, 0.15) is 11.1 Å². The summed E-state index contributed by atoms with van der Waals surface area (Å²) >= 11 is 7.18. The molecule has 5 rings (SSSR count). The summed E-state index contributed by atoms with van der Waals surface area (Å²) < 4.78 is 5.14. The van der Waals surface area contributed by atoms with Crippen molar-refractivity contribution in [2.24, 2.45) is 11.3 Å². The first-order valence-electron chi connectivity index (χ1n) is 14.0. The minimum absolute atomic E-state index is 0.0345. The average molecular weight is 616 g/mol. The van der Waals surface area contributed by atoms with Gasteiger partial charge < -0.3 is 4.74 Å². The molecule has 2 heterocycles. The molecule has 10 heteroatoms. The summed E-state index contributed by atoms with van der Waals surface area (Å²) in [5.41, 5.74) is 3.33. The van der Waals surface area contributed by atoms with E-state index >= 15 is 0 Å². The first kappa shape index (κ1) is 30.5. The number of halogens is 1. The molecule has 2 aromatic carbocycles. The Morgan fingerprint density at radius 1 is 1.12 bits per heavy atom. The maximum atomic E-state index is 13.4. The number of esters is 1. The van der Waals surface area contributed by atoms with Crippen LogP contribution in [0.5, 0.6) is 0 Å². The van der Waals surface area contributed by atoms with E-state index in [2.05, 4.69) is 26.8 Å². The number of Topliss-reactive ketones (excluding diaryl/α,β-unsaturated/α-hetero) is 1. The van der Waals surface area contributed by atoms with Gasteiger partial charge >= 0.3 is 5.97 Å². The number of hydrogen-bond acceptors (Lipinski definition) is 8. The van der Waals surface area contributed by atoms with Crippen molar-refractivity contribution < 1.29 is 23.9 Å². The number of hydrogen-bond donors (Lipinski definition) is 0. The Hall–Kier alpha value is -4.00. The number of aryl methyl sites for hydroxylation is 1. The standard InChI is InChI=1S/C33H30ClN3O5S/c1-33(2,3)22-10-13-26-20(15-22)14-21(17-35)30(36-26)43-28-16-29(39)37(31(28)40)23-11-8-19(9-12-23)32(41)42-18-27(38)24-6-4-5-7-25(24)34/h4-9,11-12,14,22,28H,10,13,15-16,18H2,1-3H3. The molecule has 1 fully saturated rings. The van der Waals surface area contributed by atoms with Gasteiger partial charge in [-0.1, -0.05) is 56.3 Å². The van der Waals surface area contributed by atoms with E-state index in [0.29, 0.717) is 22.2 Å². The number of aromatic nitrogens is 1. The molecule has 3 aromatic rings. The van der Waals surface area contributed by atoms with Crippen LogP contribution in [0.2, 0.25) is 5.02 Å². The third-order valence-electron chi connectivity index (χ3n) is 7.93. The third-order valence-corrected chi connectivity index (χ3v) is 9.44. The number of amides is 2. The highest BCUT2D eigenvalue weighted by Gasteiger charge is 2.41. The van der Waals surface area contributed by atoms with E-state index in [1.807, 2.05) is 6.07 Å². The molecule has 1 aliphatic carbocycles. The molecular weight excluding hydrogens is 586 g/mol. The fourth-order valence-corrected chi connectivity index (χ4v) is 6.72. The van der Waals surface area contributed by atoms with E-state index in [9.17, 15) is 24.4 Å². The molecule has 8 nitrogen and oxygen atoms in total. The Morgan fingerprint density at radius 2 is 1.84 bits per heavy atom. The first-order valence-corrected chi connectivity index (χ1v) is 15.2. The average Bonchev–Trinajstić information content (AvgIpc) is 3.26. The fourth-order valence-electron chi connectivity index (χ4n) is 5.38. The van der Waals surface area contributed by atoms with Crippen LogP contribution in [0.15, 0.2) is 59.6 Å². The number of carbonyl (C=O) groups excluding carboxylic acids is 4. The van der Waals surface area contributed by atoms with Crippen molar-refractivity contribution in [3.63, 3.8) is 0 Å². The predicted octanol–water partition coefficient (Wildman–Crippen LogP) is 6.22. The lowest BCUT2D eigenvalue weighted by molar-refractivity contribution is -0.121. The zero-order valence-corrected chi connectivity index (χ0v) is 25.6. The zero-order chi connectivity index (χ0) is 30.9. The Kier molecular flexibility index (Phi) is 8.72. The first-order chi connectivity index (χ1) is 20.5. The summed E-state index contributed by atoms with van der Waals surface area (Å²) in [5, 5.41) is 9.86. The Balaban J connectivity index is 1.24. The van der Waals surface area contributed by atoms with Crippen LogP contribution in [0.25, 0.3) is 0 Å². The molecule has 1 aromatic heterocycles. The van der Waals surface area contributed by atoms with Gasteiger partial charge in [0.05, 0.1) is 27.1 Å². The quantitative estimate of drug-likeness (QED) is 0.175. The van der Waals surface area contributed by atoms with Gasteiger partial charge in [-0.15, -0.1) is 0 Å². The molecule has 0 spiro atoms. The van der Waals surface area contributed by atoms with Gasteiger partial charge in [-0.3, -0.25) is 14.4 Å². The van der Waals surface area contributed by atoms with Crippen LogP contribution in [0.1, 0.15) is 71.1 Å². The number of thioether (sulfide) groups is 1. The number of imide groups is 1. The van der Waals surface area contributed by atoms with Gasteiger partial charge in [-0.2, -0.15) is 5.26 Å². The number of nitriles is 1. The molecule has 1 aliphatic heterocycles. The van der Waals surface area contributed by atoms with Crippen molar-refractivity contribution >= 4 is 52.6 Å². The van der Waals surface area contributed by atoms with Crippen LogP contribution in [-0.2, 0) is 27.2 Å². The van der Waals surface area contributed by atoms with Gasteiger partial charge in [0.2, 0.25) is 17.6 Å². The molecule has 220 valence electrons. The predicted molar refractivity (Wildman–Crippen MR) is 163 cm³/mol. The fraction of sp³-hybridized carbons (Fsp3) is 0.333. The molecule has 1 saturated heterocycles. The number of benzene rings is 2.